The highest BCUT2D eigenvalue weighted by Gasteiger charge is 2.31. The number of carbonyl (C=O) groups is 1. The second kappa shape index (κ2) is 6.56. The number of halogens is 1. The Morgan fingerprint density at radius 1 is 1.37 bits per heavy atom. The summed E-state index contributed by atoms with van der Waals surface area (Å²) in [7, 11) is 0. The van der Waals surface area contributed by atoms with E-state index in [2.05, 4.69) is 27.6 Å². The van der Waals surface area contributed by atoms with Gasteiger partial charge in [0.05, 0.1) is 4.91 Å². The first-order valence-electron chi connectivity index (χ1n) is 6.17. The second-order valence-corrected chi connectivity index (χ2v) is 6.11. The predicted octanol–water partition coefficient (Wildman–Crippen LogP) is 3.60. The minimum absolute atomic E-state index is 0.0550. The van der Waals surface area contributed by atoms with E-state index in [1.54, 1.807) is 4.90 Å². The van der Waals surface area contributed by atoms with Crippen molar-refractivity contribution in [3.8, 4) is 0 Å². The zero-order chi connectivity index (χ0) is 13.8. The third kappa shape index (κ3) is 3.20. The standard InChI is InChI=1S/C14H15IN2OS/c1-3-16-14-17(4-2)13(18)12(19-14)9-10-7-5-6-8-11(10)15/h5-9H,3-4H2,1-2H3/b12-9-,16-14?. The van der Waals surface area contributed by atoms with Crippen molar-refractivity contribution in [3.05, 3.63) is 38.3 Å². The number of aliphatic imine (C=N–C) groups is 1. The Morgan fingerprint density at radius 3 is 2.74 bits per heavy atom. The van der Waals surface area contributed by atoms with Crippen LogP contribution in [0.2, 0.25) is 0 Å². The number of amides is 1. The van der Waals surface area contributed by atoms with Crippen LogP contribution in [0.3, 0.4) is 0 Å². The fourth-order valence-electron chi connectivity index (χ4n) is 1.77. The minimum atomic E-state index is 0.0550. The number of rotatable bonds is 3. The van der Waals surface area contributed by atoms with Gasteiger partial charge in [-0.15, -0.1) is 0 Å². The molecule has 0 radical (unpaired) electrons. The Kier molecular flexibility index (Phi) is 5.04. The molecule has 1 aromatic rings. The molecule has 0 bridgehead atoms. The summed E-state index contributed by atoms with van der Waals surface area (Å²) in [4.78, 5) is 19.2. The quantitative estimate of drug-likeness (QED) is 0.588. The molecular weight excluding hydrogens is 371 g/mol. The van der Waals surface area contributed by atoms with Gasteiger partial charge in [0.15, 0.2) is 5.17 Å². The molecule has 0 spiro atoms. The van der Waals surface area contributed by atoms with Gasteiger partial charge >= 0.3 is 0 Å². The molecule has 1 fully saturated rings. The first-order chi connectivity index (χ1) is 9.17. The summed E-state index contributed by atoms with van der Waals surface area (Å²) >= 11 is 3.75. The molecule has 1 amide bonds. The van der Waals surface area contributed by atoms with Crippen molar-refractivity contribution in [2.24, 2.45) is 4.99 Å². The fraction of sp³-hybridized carbons (Fsp3) is 0.286. The Labute approximate surface area is 131 Å². The lowest BCUT2D eigenvalue weighted by Crippen LogP contribution is -2.28. The maximum atomic E-state index is 12.3. The largest absolute Gasteiger partial charge is 0.287 e. The normalized spacial score (nSPS) is 19.7. The molecule has 0 saturated carbocycles. The van der Waals surface area contributed by atoms with Gasteiger partial charge in [-0.3, -0.25) is 14.7 Å². The first-order valence-corrected chi connectivity index (χ1v) is 8.07. The van der Waals surface area contributed by atoms with Gasteiger partial charge in [-0.2, -0.15) is 0 Å². The van der Waals surface area contributed by atoms with Crippen molar-refractivity contribution >= 4 is 51.5 Å². The van der Waals surface area contributed by atoms with E-state index in [4.69, 9.17) is 0 Å². The van der Waals surface area contributed by atoms with E-state index in [9.17, 15) is 4.79 Å². The van der Waals surface area contributed by atoms with Crippen LogP contribution in [0.15, 0.2) is 34.2 Å². The Bertz CT molecular complexity index is 554. The van der Waals surface area contributed by atoms with Crippen molar-refractivity contribution in [3.63, 3.8) is 0 Å². The third-order valence-corrected chi connectivity index (χ3v) is 4.72. The van der Waals surface area contributed by atoms with Gasteiger partial charge in [0.25, 0.3) is 5.91 Å². The molecule has 3 nitrogen and oxygen atoms in total. The van der Waals surface area contributed by atoms with Crippen LogP contribution in [0.4, 0.5) is 0 Å². The van der Waals surface area contributed by atoms with Crippen molar-refractivity contribution in [2.75, 3.05) is 13.1 Å². The molecule has 1 aliphatic heterocycles. The summed E-state index contributed by atoms with van der Waals surface area (Å²) < 4.78 is 1.14. The smallest absolute Gasteiger partial charge is 0.266 e. The van der Waals surface area contributed by atoms with Crippen LogP contribution in [0.5, 0.6) is 0 Å². The summed E-state index contributed by atoms with van der Waals surface area (Å²) in [5, 5.41) is 0.812. The van der Waals surface area contributed by atoms with E-state index in [1.807, 2.05) is 44.2 Å². The summed E-state index contributed by atoms with van der Waals surface area (Å²) in [5.74, 6) is 0.0550. The highest BCUT2D eigenvalue weighted by atomic mass is 127. The summed E-state index contributed by atoms with van der Waals surface area (Å²) in [5.41, 5.74) is 1.08. The molecule has 0 atom stereocenters. The monoisotopic (exact) mass is 386 g/mol. The summed E-state index contributed by atoms with van der Waals surface area (Å²) in [6, 6.07) is 8.04. The van der Waals surface area contributed by atoms with E-state index in [-0.39, 0.29) is 5.91 Å². The third-order valence-electron chi connectivity index (χ3n) is 2.69. The molecule has 0 aromatic heterocycles. The van der Waals surface area contributed by atoms with Crippen LogP contribution >= 0.6 is 34.4 Å². The SMILES string of the molecule is CCN=C1S/C(=C\c2ccccc2I)C(=O)N1CC. The minimum Gasteiger partial charge on any atom is -0.287 e. The zero-order valence-corrected chi connectivity index (χ0v) is 13.9. The zero-order valence-electron chi connectivity index (χ0n) is 10.9. The van der Waals surface area contributed by atoms with Gasteiger partial charge in [0.1, 0.15) is 0 Å². The first kappa shape index (κ1) is 14.6. The highest BCUT2D eigenvalue weighted by molar-refractivity contribution is 14.1. The van der Waals surface area contributed by atoms with Crippen LogP contribution in [0.25, 0.3) is 6.08 Å². The molecule has 19 heavy (non-hydrogen) atoms. The van der Waals surface area contributed by atoms with Crippen LogP contribution < -0.4 is 0 Å². The number of hydrogen-bond acceptors (Lipinski definition) is 3. The molecule has 5 heteroatoms. The summed E-state index contributed by atoms with van der Waals surface area (Å²) in [6.07, 6.45) is 1.95. The topological polar surface area (TPSA) is 32.7 Å². The van der Waals surface area contributed by atoms with Crippen molar-refractivity contribution in [1.29, 1.82) is 0 Å². The molecule has 1 aliphatic rings. The number of nitrogens with zero attached hydrogens (tertiary/aromatic N) is 2. The van der Waals surface area contributed by atoms with E-state index in [1.165, 1.54) is 11.8 Å². The van der Waals surface area contributed by atoms with Gasteiger partial charge in [-0.25, -0.2) is 0 Å². The molecule has 100 valence electrons. The summed E-state index contributed by atoms with van der Waals surface area (Å²) in [6.45, 7) is 5.31. The average molecular weight is 386 g/mol. The number of likely N-dealkylation sites (N-methyl/N-ethyl adjacent to an activating group) is 1. The molecule has 0 N–H and O–H groups in total. The van der Waals surface area contributed by atoms with Crippen molar-refractivity contribution in [1.82, 2.24) is 4.90 Å². The van der Waals surface area contributed by atoms with Gasteiger partial charge in [0.2, 0.25) is 0 Å². The molecule has 1 heterocycles. The lowest BCUT2D eigenvalue weighted by atomic mass is 10.2. The molecule has 0 aliphatic carbocycles. The van der Waals surface area contributed by atoms with E-state index >= 15 is 0 Å². The van der Waals surface area contributed by atoms with E-state index in [0.29, 0.717) is 13.1 Å². The molecule has 1 aromatic carbocycles. The van der Waals surface area contributed by atoms with E-state index < -0.39 is 0 Å². The highest BCUT2D eigenvalue weighted by Crippen LogP contribution is 2.32. The average Bonchev–Trinajstić information content (AvgIpc) is 2.69. The number of hydrogen-bond donors (Lipinski definition) is 0. The Hall–Kier alpha value is -0.820. The number of amidine groups is 1. The number of benzene rings is 1. The molecule has 1 saturated heterocycles. The van der Waals surface area contributed by atoms with Crippen molar-refractivity contribution in [2.45, 2.75) is 13.8 Å². The molecule has 2 rings (SSSR count). The lowest BCUT2D eigenvalue weighted by molar-refractivity contribution is -0.122. The maximum Gasteiger partial charge on any atom is 0.266 e. The van der Waals surface area contributed by atoms with Crippen molar-refractivity contribution < 1.29 is 4.79 Å². The van der Waals surface area contributed by atoms with Crippen LogP contribution in [-0.2, 0) is 4.79 Å². The Morgan fingerprint density at radius 2 is 2.11 bits per heavy atom. The molecular formula is C14H15IN2OS. The fourth-order valence-corrected chi connectivity index (χ4v) is 3.41. The number of carbonyl (C=O) groups excluding carboxylic acids is 1. The van der Waals surface area contributed by atoms with Crippen LogP contribution in [0, 0.1) is 3.57 Å². The number of thioether (sulfide) groups is 1. The lowest BCUT2D eigenvalue weighted by Gasteiger charge is -2.11. The van der Waals surface area contributed by atoms with E-state index in [0.717, 1.165) is 19.2 Å². The maximum absolute atomic E-state index is 12.3. The predicted molar refractivity (Wildman–Crippen MR) is 90.1 cm³/mol. The molecule has 0 unspecified atom stereocenters. The van der Waals surface area contributed by atoms with Gasteiger partial charge < -0.3 is 0 Å². The second-order valence-electron chi connectivity index (χ2n) is 3.94. The van der Waals surface area contributed by atoms with Crippen LogP contribution in [-0.4, -0.2) is 29.1 Å². The van der Waals surface area contributed by atoms with Gasteiger partial charge in [-0.1, -0.05) is 18.2 Å². The van der Waals surface area contributed by atoms with Gasteiger partial charge in [0, 0.05) is 16.7 Å². The Balaban J connectivity index is 2.34. The van der Waals surface area contributed by atoms with Crippen LogP contribution in [0.1, 0.15) is 19.4 Å². The van der Waals surface area contributed by atoms with Gasteiger partial charge in [-0.05, 0) is 65.9 Å².